The van der Waals surface area contributed by atoms with Gasteiger partial charge in [-0.3, -0.25) is 9.69 Å². The van der Waals surface area contributed by atoms with Gasteiger partial charge in [-0.2, -0.15) is 4.31 Å². The number of nitrogens with zero attached hydrogens (tertiary/aromatic N) is 3. The van der Waals surface area contributed by atoms with Crippen molar-refractivity contribution in [2.24, 2.45) is 0 Å². The number of hydrogen-bond acceptors (Lipinski definition) is 4. The van der Waals surface area contributed by atoms with Crippen LogP contribution in [-0.2, 0) is 21.4 Å². The third-order valence-electron chi connectivity index (χ3n) is 4.89. The maximum Gasteiger partial charge on any atom is 0.241 e. The highest BCUT2D eigenvalue weighted by molar-refractivity contribution is 7.88. The Bertz CT molecular complexity index is 732. The van der Waals surface area contributed by atoms with Crippen LogP contribution in [0.5, 0.6) is 0 Å². The van der Waals surface area contributed by atoms with Gasteiger partial charge in [0.2, 0.25) is 15.9 Å². The van der Waals surface area contributed by atoms with Crippen LogP contribution in [0.25, 0.3) is 0 Å². The lowest BCUT2D eigenvalue weighted by atomic mass is 10.1. The van der Waals surface area contributed by atoms with E-state index in [0.717, 1.165) is 18.2 Å². The third kappa shape index (κ3) is 4.37. The Morgan fingerprint density at radius 1 is 1.20 bits per heavy atom. The smallest absolute Gasteiger partial charge is 0.241 e. The number of carbonyl (C=O) groups excluding carboxylic acids is 1. The monoisotopic (exact) mass is 369 g/mol. The van der Waals surface area contributed by atoms with Crippen molar-refractivity contribution in [3.05, 3.63) is 35.6 Å². The molecule has 3 rings (SSSR count). The summed E-state index contributed by atoms with van der Waals surface area (Å²) in [6.07, 6.45) is 2.48. The fourth-order valence-corrected chi connectivity index (χ4v) is 4.73. The van der Waals surface area contributed by atoms with Gasteiger partial charge in [0.15, 0.2) is 0 Å². The van der Waals surface area contributed by atoms with E-state index in [2.05, 4.69) is 4.90 Å². The minimum atomic E-state index is -3.35. The Morgan fingerprint density at radius 2 is 1.92 bits per heavy atom. The Balaban J connectivity index is 1.56. The molecular weight excluding hydrogens is 345 g/mol. The Labute approximate surface area is 148 Å². The number of amides is 1. The molecule has 8 heteroatoms. The Morgan fingerprint density at radius 3 is 2.56 bits per heavy atom. The van der Waals surface area contributed by atoms with Gasteiger partial charge in [-0.1, -0.05) is 12.1 Å². The van der Waals surface area contributed by atoms with Crippen LogP contribution in [-0.4, -0.2) is 73.5 Å². The van der Waals surface area contributed by atoms with E-state index >= 15 is 0 Å². The zero-order valence-corrected chi connectivity index (χ0v) is 15.2. The molecule has 1 amide bonds. The van der Waals surface area contributed by atoms with Crippen molar-refractivity contribution in [1.82, 2.24) is 14.1 Å². The van der Waals surface area contributed by atoms with Gasteiger partial charge in [0, 0.05) is 39.3 Å². The number of benzene rings is 1. The van der Waals surface area contributed by atoms with Crippen LogP contribution < -0.4 is 0 Å². The zero-order chi connectivity index (χ0) is 18.0. The van der Waals surface area contributed by atoms with Crippen molar-refractivity contribution in [3.63, 3.8) is 0 Å². The number of rotatable bonds is 4. The van der Waals surface area contributed by atoms with Crippen LogP contribution in [0.1, 0.15) is 18.4 Å². The molecule has 1 aromatic rings. The van der Waals surface area contributed by atoms with Gasteiger partial charge in [-0.25, -0.2) is 12.8 Å². The van der Waals surface area contributed by atoms with Gasteiger partial charge in [0.25, 0.3) is 0 Å². The van der Waals surface area contributed by atoms with Crippen LogP contribution in [0.4, 0.5) is 4.39 Å². The summed E-state index contributed by atoms with van der Waals surface area (Å²) in [5.74, 6) is -0.332. The summed E-state index contributed by atoms with van der Waals surface area (Å²) in [5, 5.41) is 0. The normalized spacial score (nSPS) is 23.1. The van der Waals surface area contributed by atoms with Gasteiger partial charge < -0.3 is 4.90 Å². The fourth-order valence-electron chi connectivity index (χ4n) is 3.61. The second-order valence-electron chi connectivity index (χ2n) is 6.76. The van der Waals surface area contributed by atoms with Crippen molar-refractivity contribution >= 4 is 15.9 Å². The highest BCUT2D eigenvalue weighted by atomic mass is 32.2. The molecule has 1 atom stereocenters. The lowest BCUT2D eigenvalue weighted by Crippen LogP contribution is -2.54. The zero-order valence-electron chi connectivity index (χ0n) is 14.4. The highest BCUT2D eigenvalue weighted by Gasteiger charge is 2.39. The minimum Gasteiger partial charge on any atom is -0.339 e. The fraction of sp³-hybridized carbons (Fsp3) is 0.588. The standard InChI is InChI=1S/C17H24FN3O3S/c1-25(23,24)21-7-3-6-16(21)17(22)20-10-8-19(9-11-20)13-14-4-2-5-15(18)12-14/h2,4-5,12,16H,3,6-11,13H2,1H3/t16-/m1/s1. The third-order valence-corrected chi connectivity index (χ3v) is 6.18. The molecule has 2 saturated heterocycles. The molecular formula is C17H24FN3O3S. The molecule has 138 valence electrons. The number of sulfonamides is 1. The van der Waals surface area contributed by atoms with E-state index in [1.807, 2.05) is 6.07 Å². The molecule has 2 aliphatic heterocycles. The van der Waals surface area contributed by atoms with Gasteiger partial charge in [0.1, 0.15) is 11.9 Å². The number of halogens is 1. The predicted molar refractivity (Wildman–Crippen MR) is 92.8 cm³/mol. The lowest BCUT2D eigenvalue weighted by molar-refractivity contribution is -0.136. The molecule has 0 unspecified atom stereocenters. The van der Waals surface area contributed by atoms with Crippen LogP contribution in [0.2, 0.25) is 0 Å². The number of piperazine rings is 1. The summed E-state index contributed by atoms with van der Waals surface area (Å²) in [7, 11) is -3.35. The molecule has 0 radical (unpaired) electrons. The first-order valence-electron chi connectivity index (χ1n) is 8.57. The van der Waals surface area contributed by atoms with Gasteiger partial charge in [-0.15, -0.1) is 0 Å². The molecule has 6 nitrogen and oxygen atoms in total. The predicted octanol–water partition coefficient (Wildman–Crippen LogP) is 0.894. The van der Waals surface area contributed by atoms with Crippen molar-refractivity contribution in [1.29, 1.82) is 0 Å². The molecule has 25 heavy (non-hydrogen) atoms. The topological polar surface area (TPSA) is 60.9 Å². The minimum absolute atomic E-state index is 0.0895. The molecule has 2 fully saturated rings. The van der Waals surface area contributed by atoms with Gasteiger partial charge in [0.05, 0.1) is 6.26 Å². The molecule has 1 aromatic carbocycles. The molecule has 0 saturated carbocycles. The van der Waals surface area contributed by atoms with Crippen LogP contribution >= 0.6 is 0 Å². The SMILES string of the molecule is CS(=O)(=O)N1CCC[C@@H]1C(=O)N1CCN(Cc2cccc(F)c2)CC1. The highest BCUT2D eigenvalue weighted by Crippen LogP contribution is 2.23. The summed E-state index contributed by atoms with van der Waals surface area (Å²) >= 11 is 0. The molecule has 0 spiro atoms. The first-order chi connectivity index (χ1) is 11.8. The van der Waals surface area contributed by atoms with E-state index in [-0.39, 0.29) is 11.7 Å². The number of hydrogen-bond donors (Lipinski definition) is 0. The second kappa shape index (κ2) is 7.39. The second-order valence-corrected chi connectivity index (χ2v) is 8.70. The van der Waals surface area contributed by atoms with Crippen LogP contribution in [0.15, 0.2) is 24.3 Å². The molecule has 0 aliphatic carbocycles. The molecule has 2 aliphatic rings. The van der Waals surface area contributed by atoms with E-state index in [9.17, 15) is 17.6 Å². The van der Waals surface area contributed by atoms with E-state index < -0.39 is 16.1 Å². The van der Waals surface area contributed by atoms with Crippen molar-refractivity contribution in [2.75, 3.05) is 39.0 Å². The Kier molecular flexibility index (Phi) is 5.41. The lowest BCUT2D eigenvalue weighted by Gasteiger charge is -2.37. The van der Waals surface area contributed by atoms with Crippen molar-refractivity contribution in [3.8, 4) is 0 Å². The molecule has 0 bridgehead atoms. The first-order valence-corrected chi connectivity index (χ1v) is 10.4. The van der Waals surface area contributed by atoms with E-state index in [1.54, 1.807) is 11.0 Å². The summed E-state index contributed by atoms with van der Waals surface area (Å²) < 4.78 is 38.3. The summed E-state index contributed by atoms with van der Waals surface area (Å²) in [4.78, 5) is 16.7. The Hall–Kier alpha value is -1.51. The molecule has 0 N–H and O–H groups in total. The van der Waals surface area contributed by atoms with E-state index in [0.29, 0.717) is 45.7 Å². The van der Waals surface area contributed by atoms with Crippen molar-refractivity contribution in [2.45, 2.75) is 25.4 Å². The van der Waals surface area contributed by atoms with E-state index in [1.165, 1.54) is 16.4 Å². The maximum atomic E-state index is 13.3. The summed E-state index contributed by atoms with van der Waals surface area (Å²) in [6, 6.07) is 5.99. The average Bonchev–Trinajstić information content (AvgIpc) is 3.05. The number of carbonyl (C=O) groups is 1. The van der Waals surface area contributed by atoms with Crippen LogP contribution in [0.3, 0.4) is 0 Å². The average molecular weight is 369 g/mol. The van der Waals surface area contributed by atoms with Crippen LogP contribution in [0, 0.1) is 5.82 Å². The molecule has 2 heterocycles. The van der Waals surface area contributed by atoms with E-state index in [4.69, 9.17) is 0 Å². The van der Waals surface area contributed by atoms with Gasteiger partial charge >= 0.3 is 0 Å². The summed E-state index contributed by atoms with van der Waals surface area (Å²) in [5.41, 5.74) is 0.916. The van der Waals surface area contributed by atoms with Crippen molar-refractivity contribution < 1.29 is 17.6 Å². The quantitative estimate of drug-likeness (QED) is 0.791. The van der Waals surface area contributed by atoms with Gasteiger partial charge in [-0.05, 0) is 30.5 Å². The molecule has 0 aromatic heterocycles. The maximum absolute atomic E-state index is 13.3. The summed E-state index contributed by atoms with van der Waals surface area (Å²) in [6.45, 7) is 3.62. The first kappa shape index (κ1) is 18.3. The largest absolute Gasteiger partial charge is 0.339 e.